The van der Waals surface area contributed by atoms with Crippen LogP contribution >= 0.6 is 0 Å². The third-order valence-electron chi connectivity index (χ3n) is 2.59. The number of carboxylic acid groups (broad SMARTS) is 1. The Balaban J connectivity index is 2.63. The van der Waals surface area contributed by atoms with Gasteiger partial charge in [0.15, 0.2) is 0 Å². The lowest BCUT2D eigenvalue weighted by molar-refractivity contribution is -0.137. The largest absolute Gasteiger partial charge is 0.481 e. The quantitative estimate of drug-likeness (QED) is 0.581. The Morgan fingerprint density at radius 2 is 1.76 bits per heavy atom. The highest BCUT2D eigenvalue weighted by Crippen LogP contribution is 2.19. The van der Waals surface area contributed by atoms with Crippen molar-refractivity contribution in [3.63, 3.8) is 0 Å². The molecule has 0 radical (unpaired) electrons. The summed E-state index contributed by atoms with van der Waals surface area (Å²) >= 11 is 0. The normalized spacial score (nSPS) is 14.3. The maximum absolute atomic E-state index is 10.4. The van der Waals surface area contributed by atoms with Crippen molar-refractivity contribution in [1.29, 1.82) is 0 Å². The monoisotopic (exact) mass is 239 g/mol. The molecule has 1 rings (SSSR count). The zero-order valence-electron chi connectivity index (χ0n) is 9.41. The topological polar surface area (TPSA) is 104 Å². The molecule has 2 unspecified atom stereocenters. The van der Waals surface area contributed by atoms with E-state index in [0.29, 0.717) is 12.0 Å². The van der Waals surface area contributed by atoms with Crippen LogP contribution in [-0.4, -0.2) is 27.9 Å². The molecule has 5 N–H and O–H groups in total. The summed E-state index contributed by atoms with van der Waals surface area (Å²) < 4.78 is 0. The van der Waals surface area contributed by atoms with E-state index in [9.17, 15) is 9.90 Å². The van der Waals surface area contributed by atoms with Gasteiger partial charge < -0.3 is 21.1 Å². The Morgan fingerprint density at radius 3 is 2.24 bits per heavy atom. The minimum absolute atomic E-state index is 0.0299. The molecule has 2 atom stereocenters. The van der Waals surface area contributed by atoms with Crippen molar-refractivity contribution < 1.29 is 20.1 Å². The van der Waals surface area contributed by atoms with E-state index in [2.05, 4.69) is 0 Å². The number of hydrogen-bond acceptors (Lipinski definition) is 4. The van der Waals surface area contributed by atoms with Crippen molar-refractivity contribution >= 4 is 5.97 Å². The first-order valence-corrected chi connectivity index (χ1v) is 5.40. The third-order valence-corrected chi connectivity index (χ3v) is 2.59. The molecule has 0 aliphatic carbocycles. The molecule has 0 aromatic heterocycles. The lowest BCUT2D eigenvalue weighted by Gasteiger charge is -2.13. The van der Waals surface area contributed by atoms with Crippen molar-refractivity contribution in [2.75, 3.05) is 6.61 Å². The molecule has 0 heterocycles. The van der Waals surface area contributed by atoms with E-state index < -0.39 is 12.1 Å². The molecular formula is C12H17NO4. The number of rotatable bonds is 6. The molecule has 5 heteroatoms. The summed E-state index contributed by atoms with van der Waals surface area (Å²) in [5.41, 5.74) is 7.26. The van der Waals surface area contributed by atoms with Gasteiger partial charge >= 0.3 is 5.97 Å². The Bertz CT molecular complexity index is 363. The molecule has 94 valence electrons. The summed E-state index contributed by atoms with van der Waals surface area (Å²) in [6.07, 6.45) is -0.487. The number of hydrogen-bond donors (Lipinski definition) is 4. The summed E-state index contributed by atoms with van der Waals surface area (Å²) in [4.78, 5) is 10.4. The van der Waals surface area contributed by atoms with Crippen LogP contribution in [0, 0.1) is 0 Å². The molecule has 5 nitrogen and oxygen atoms in total. The number of aliphatic hydroxyl groups excluding tert-OH is 2. The van der Waals surface area contributed by atoms with E-state index in [4.69, 9.17) is 15.9 Å². The SMILES string of the molecule is NC(CCC(=O)O)c1ccc(C(O)CO)cc1. The fraction of sp³-hybridized carbons (Fsp3) is 0.417. The van der Waals surface area contributed by atoms with E-state index in [1.165, 1.54) is 0 Å². The van der Waals surface area contributed by atoms with Gasteiger partial charge in [0.05, 0.1) is 6.61 Å². The highest BCUT2D eigenvalue weighted by Gasteiger charge is 2.10. The first-order chi connectivity index (χ1) is 8.04. The minimum atomic E-state index is -0.890. The lowest BCUT2D eigenvalue weighted by atomic mass is 10.00. The summed E-state index contributed by atoms with van der Waals surface area (Å²) in [6, 6.07) is 6.50. The van der Waals surface area contributed by atoms with Crippen LogP contribution in [0.25, 0.3) is 0 Å². The molecule has 0 amide bonds. The maximum atomic E-state index is 10.4. The molecule has 0 saturated heterocycles. The molecule has 0 spiro atoms. The van der Waals surface area contributed by atoms with E-state index >= 15 is 0 Å². The van der Waals surface area contributed by atoms with Crippen LogP contribution in [0.2, 0.25) is 0 Å². The average Bonchev–Trinajstić information content (AvgIpc) is 2.35. The molecular weight excluding hydrogens is 222 g/mol. The number of aliphatic hydroxyl groups is 2. The smallest absolute Gasteiger partial charge is 0.303 e. The predicted molar refractivity (Wildman–Crippen MR) is 62.3 cm³/mol. The summed E-state index contributed by atoms with van der Waals surface area (Å²) in [5, 5.41) is 26.7. The second kappa shape index (κ2) is 6.34. The van der Waals surface area contributed by atoms with Gasteiger partial charge in [0.1, 0.15) is 6.10 Å². The lowest BCUT2D eigenvalue weighted by Crippen LogP contribution is -2.12. The second-order valence-electron chi connectivity index (χ2n) is 3.90. The van der Waals surface area contributed by atoms with Gasteiger partial charge in [-0.1, -0.05) is 24.3 Å². The number of nitrogens with two attached hydrogens (primary N) is 1. The van der Waals surface area contributed by atoms with Gasteiger partial charge in [-0.25, -0.2) is 0 Å². The van der Waals surface area contributed by atoms with Crippen LogP contribution in [0.1, 0.15) is 36.1 Å². The number of aliphatic carboxylic acids is 1. The Labute approximate surface area is 99.5 Å². The maximum Gasteiger partial charge on any atom is 0.303 e. The van der Waals surface area contributed by atoms with Gasteiger partial charge in [-0.3, -0.25) is 4.79 Å². The van der Waals surface area contributed by atoms with Gasteiger partial charge in [0, 0.05) is 12.5 Å². The standard InChI is InChI=1S/C12H17NO4/c13-10(5-6-12(16)17)8-1-3-9(4-2-8)11(15)7-14/h1-4,10-11,14-15H,5-7,13H2,(H,16,17). The van der Waals surface area contributed by atoms with Crippen LogP contribution in [0.5, 0.6) is 0 Å². The van der Waals surface area contributed by atoms with E-state index in [-0.39, 0.29) is 19.1 Å². The number of carbonyl (C=O) groups is 1. The summed E-state index contributed by atoms with van der Waals surface area (Å²) in [6.45, 7) is -0.329. The van der Waals surface area contributed by atoms with E-state index in [0.717, 1.165) is 5.56 Å². The highest BCUT2D eigenvalue weighted by atomic mass is 16.4. The number of carboxylic acids is 1. The van der Waals surface area contributed by atoms with Gasteiger partial charge in [0.2, 0.25) is 0 Å². The molecule has 0 aliphatic rings. The number of benzene rings is 1. The van der Waals surface area contributed by atoms with E-state index in [1.807, 2.05) is 0 Å². The van der Waals surface area contributed by atoms with Crippen LogP contribution in [0.15, 0.2) is 24.3 Å². The first-order valence-electron chi connectivity index (χ1n) is 5.40. The molecule has 0 fully saturated rings. The Hall–Kier alpha value is -1.43. The molecule has 0 bridgehead atoms. The van der Waals surface area contributed by atoms with Crippen LogP contribution in [0.4, 0.5) is 0 Å². The van der Waals surface area contributed by atoms with Crippen LogP contribution in [0.3, 0.4) is 0 Å². The predicted octanol–water partition coefficient (Wildman–Crippen LogP) is 0.577. The zero-order chi connectivity index (χ0) is 12.8. The van der Waals surface area contributed by atoms with Gasteiger partial charge in [0.25, 0.3) is 0 Å². The molecule has 1 aromatic rings. The van der Waals surface area contributed by atoms with E-state index in [1.54, 1.807) is 24.3 Å². The van der Waals surface area contributed by atoms with Crippen LogP contribution < -0.4 is 5.73 Å². The van der Waals surface area contributed by atoms with Gasteiger partial charge in [-0.15, -0.1) is 0 Å². The van der Waals surface area contributed by atoms with Gasteiger partial charge in [-0.05, 0) is 17.5 Å². The first kappa shape index (κ1) is 13.6. The third kappa shape index (κ3) is 4.14. The van der Waals surface area contributed by atoms with Crippen molar-refractivity contribution in [2.24, 2.45) is 5.73 Å². The molecule has 17 heavy (non-hydrogen) atoms. The zero-order valence-corrected chi connectivity index (χ0v) is 9.41. The van der Waals surface area contributed by atoms with Crippen molar-refractivity contribution in [1.82, 2.24) is 0 Å². The fourth-order valence-corrected chi connectivity index (χ4v) is 1.52. The minimum Gasteiger partial charge on any atom is -0.481 e. The van der Waals surface area contributed by atoms with Crippen molar-refractivity contribution in [3.8, 4) is 0 Å². The van der Waals surface area contributed by atoms with Gasteiger partial charge in [-0.2, -0.15) is 0 Å². The Morgan fingerprint density at radius 1 is 1.24 bits per heavy atom. The Kier molecular flexibility index (Phi) is 5.09. The highest BCUT2D eigenvalue weighted by molar-refractivity contribution is 5.66. The fourth-order valence-electron chi connectivity index (χ4n) is 1.52. The molecule has 1 aromatic carbocycles. The van der Waals surface area contributed by atoms with Crippen molar-refractivity contribution in [3.05, 3.63) is 35.4 Å². The summed E-state index contributed by atoms with van der Waals surface area (Å²) in [5.74, 6) is -0.868. The van der Waals surface area contributed by atoms with Crippen molar-refractivity contribution in [2.45, 2.75) is 25.0 Å². The van der Waals surface area contributed by atoms with Crippen LogP contribution in [-0.2, 0) is 4.79 Å². The molecule has 0 saturated carbocycles. The average molecular weight is 239 g/mol. The second-order valence-corrected chi connectivity index (χ2v) is 3.90. The molecule has 0 aliphatic heterocycles. The summed E-state index contributed by atoms with van der Waals surface area (Å²) in [7, 11) is 0.